The van der Waals surface area contributed by atoms with Crippen molar-refractivity contribution in [1.82, 2.24) is 20.9 Å². The van der Waals surface area contributed by atoms with E-state index < -0.39 is 35.1 Å². The molecule has 0 spiro atoms. The Morgan fingerprint density at radius 3 is 1.81 bits per heavy atom. The molecule has 0 saturated carbocycles. The molecule has 1 aromatic heterocycles. The van der Waals surface area contributed by atoms with Crippen molar-refractivity contribution in [3.63, 3.8) is 0 Å². The molecule has 0 fully saturated rings. The molecule has 4 aromatic rings. The van der Waals surface area contributed by atoms with Crippen LogP contribution in [0, 0.1) is 0 Å². The third-order valence-electron chi connectivity index (χ3n) is 6.50. The molecule has 1 heterocycles. The van der Waals surface area contributed by atoms with Gasteiger partial charge in [0.2, 0.25) is 11.8 Å². The summed E-state index contributed by atoms with van der Waals surface area (Å²) in [7, 11) is 0. The number of nitrogens with one attached hydrogen (secondary N) is 3. The Morgan fingerprint density at radius 2 is 1.36 bits per heavy atom. The van der Waals surface area contributed by atoms with E-state index >= 15 is 0 Å². The van der Waals surface area contributed by atoms with Crippen LogP contribution in [-0.2, 0) is 26.3 Å². The molecule has 0 saturated heterocycles. The average Bonchev–Trinajstić information content (AvgIpc) is 3.49. The number of aromatic nitrogens is 1. The quantitative estimate of drug-likeness (QED) is 0.210. The molecule has 0 bridgehead atoms. The van der Waals surface area contributed by atoms with Gasteiger partial charge in [-0.05, 0) is 37.5 Å². The molecule has 3 N–H and O–H groups in total. The zero-order valence-corrected chi connectivity index (χ0v) is 24.8. The zero-order valence-electron chi connectivity index (χ0n) is 24.0. The van der Waals surface area contributed by atoms with Gasteiger partial charge in [0.05, 0.1) is 11.9 Å². The molecule has 0 aliphatic heterocycles. The van der Waals surface area contributed by atoms with Gasteiger partial charge in [-0.25, -0.2) is 4.79 Å². The van der Waals surface area contributed by atoms with Gasteiger partial charge in [-0.3, -0.25) is 14.6 Å². The Hall–Kier alpha value is -4.50. The van der Waals surface area contributed by atoms with E-state index in [1.165, 1.54) is 11.3 Å². The van der Waals surface area contributed by atoms with Crippen LogP contribution in [-0.4, -0.2) is 41.1 Å². The van der Waals surface area contributed by atoms with Crippen molar-refractivity contribution in [3.8, 4) is 0 Å². The maximum atomic E-state index is 13.9. The molecule has 0 unspecified atom stereocenters. The summed E-state index contributed by atoms with van der Waals surface area (Å²) in [5.74, 6) is -0.907. The van der Waals surface area contributed by atoms with Crippen LogP contribution in [0.2, 0.25) is 0 Å². The first kappa shape index (κ1) is 30.5. The zero-order chi connectivity index (χ0) is 30.0. The highest BCUT2D eigenvalue weighted by Crippen LogP contribution is 2.36. The third kappa shape index (κ3) is 8.04. The van der Waals surface area contributed by atoms with Crippen molar-refractivity contribution in [3.05, 3.63) is 124 Å². The number of carbonyl (C=O) groups is 3. The molecule has 8 nitrogen and oxygen atoms in total. The van der Waals surface area contributed by atoms with Gasteiger partial charge in [0.1, 0.15) is 17.2 Å². The number of ether oxygens (including phenoxy) is 1. The minimum Gasteiger partial charge on any atom is -0.444 e. The molecule has 0 aliphatic carbocycles. The molecule has 218 valence electrons. The van der Waals surface area contributed by atoms with Gasteiger partial charge in [-0.15, -0.1) is 11.3 Å². The fourth-order valence-corrected chi connectivity index (χ4v) is 5.28. The summed E-state index contributed by atoms with van der Waals surface area (Å²) >= 11 is 1.49. The molecule has 3 aromatic carbocycles. The highest BCUT2D eigenvalue weighted by atomic mass is 32.1. The van der Waals surface area contributed by atoms with Gasteiger partial charge < -0.3 is 20.7 Å². The number of carbonyl (C=O) groups excluding carboxylic acids is 3. The highest BCUT2D eigenvalue weighted by Gasteiger charge is 2.39. The fraction of sp³-hybridized carbons (Fsp3) is 0.273. The summed E-state index contributed by atoms with van der Waals surface area (Å²) in [6.45, 7) is 5.53. The van der Waals surface area contributed by atoms with Crippen LogP contribution in [0.4, 0.5) is 4.79 Å². The van der Waals surface area contributed by atoms with Crippen LogP contribution in [0.3, 0.4) is 0 Å². The fourth-order valence-electron chi connectivity index (χ4n) is 4.68. The lowest BCUT2D eigenvalue weighted by Gasteiger charge is -2.37. The van der Waals surface area contributed by atoms with Crippen molar-refractivity contribution in [1.29, 1.82) is 0 Å². The lowest BCUT2D eigenvalue weighted by Crippen LogP contribution is -2.53. The van der Waals surface area contributed by atoms with Crippen molar-refractivity contribution in [2.75, 3.05) is 6.54 Å². The summed E-state index contributed by atoms with van der Waals surface area (Å²) in [5, 5.41) is 8.70. The second-order valence-corrected chi connectivity index (χ2v) is 11.8. The van der Waals surface area contributed by atoms with Gasteiger partial charge in [-0.1, -0.05) is 91.0 Å². The number of amides is 3. The summed E-state index contributed by atoms with van der Waals surface area (Å²) < 4.78 is 5.40. The SMILES string of the molecule is CC(C)(C)OC(=O)N[C@H](CC(=O)NC(c1ccccc1)(c1ccccc1)c1ccccc1)C(=O)NCCc1cncs1. The van der Waals surface area contributed by atoms with Crippen LogP contribution in [0.5, 0.6) is 0 Å². The van der Waals surface area contributed by atoms with Crippen LogP contribution in [0.15, 0.2) is 103 Å². The Morgan fingerprint density at radius 1 is 0.833 bits per heavy atom. The van der Waals surface area contributed by atoms with E-state index in [0.717, 1.165) is 21.6 Å². The Balaban J connectivity index is 1.63. The normalized spacial score (nSPS) is 12.2. The molecule has 0 radical (unpaired) electrons. The van der Waals surface area contributed by atoms with Crippen molar-refractivity contribution >= 4 is 29.2 Å². The largest absolute Gasteiger partial charge is 0.444 e. The number of hydrogen-bond donors (Lipinski definition) is 3. The number of thiazole rings is 1. The van der Waals surface area contributed by atoms with Crippen LogP contribution in [0.1, 0.15) is 48.8 Å². The van der Waals surface area contributed by atoms with Crippen molar-refractivity contribution in [2.45, 2.75) is 50.8 Å². The Kier molecular flexibility index (Phi) is 10.1. The average molecular weight is 585 g/mol. The number of alkyl carbamates (subject to hydrolysis) is 1. The van der Waals surface area contributed by atoms with Crippen LogP contribution in [0.25, 0.3) is 0 Å². The lowest BCUT2D eigenvalue weighted by atomic mass is 9.77. The van der Waals surface area contributed by atoms with E-state index in [1.807, 2.05) is 91.0 Å². The predicted molar refractivity (Wildman–Crippen MR) is 164 cm³/mol. The first-order valence-electron chi connectivity index (χ1n) is 13.8. The van der Waals surface area contributed by atoms with Gasteiger partial charge in [0.15, 0.2) is 0 Å². The minimum atomic E-state index is -1.17. The molecule has 1 atom stereocenters. The first-order chi connectivity index (χ1) is 20.2. The van der Waals surface area contributed by atoms with E-state index in [9.17, 15) is 14.4 Å². The van der Waals surface area contributed by atoms with Crippen molar-refractivity contribution < 1.29 is 19.1 Å². The monoisotopic (exact) mass is 584 g/mol. The second-order valence-electron chi connectivity index (χ2n) is 10.8. The molecule has 9 heteroatoms. The standard InChI is InChI=1S/C33H36N4O4S/c1-32(2,3)41-31(40)36-28(30(39)35-20-19-27-22-34-23-42-27)21-29(38)37-33(24-13-7-4-8-14-24,25-15-9-5-10-16-25)26-17-11-6-12-18-26/h4-18,22-23,28H,19-21H2,1-3H3,(H,35,39)(H,36,40)(H,37,38)/t28-/m1/s1. The summed E-state index contributed by atoms with van der Waals surface area (Å²) in [6, 6.07) is 27.9. The van der Waals surface area contributed by atoms with Crippen LogP contribution < -0.4 is 16.0 Å². The maximum absolute atomic E-state index is 13.9. The van der Waals surface area contributed by atoms with Crippen molar-refractivity contribution in [2.24, 2.45) is 0 Å². The summed E-state index contributed by atoms with van der Waals surface area (Å²) in [6.07, 6.45) is 1.25. The van der Waals surface area contributed by atoms with Crippen LogP contribution >= 0.6 is 11.3 Å². The van der Waals surface area contributed by atoms with E-state index in [0.29, 0.717) is 13.0 Å². The second kappa shape index (κ2) is 13.9. The van der Waals surface area contributed by atoms with Gasteiger partial charge in [0, 0.05) is 24.0 Å². The van der Waals surface area contributed by atoms with Gasteiger partial charge >= 0.3 is 6.09 Å². The Bertz CT molecular complexity index is 1340. The maximum Gasteiger partial charge on any atom is 0.408 e. The van der Waals surface area contributed by atoms with E-state index in [2.05, 4.69) is 20.9 Å². The molecular weight excluding hydrogens is 548 g/mol. The number of rotatable bonds is 11. The van der Waals surface area contributed by atoms with E-state index in [1.54, 1.807) is 32.5 Å². The number of nitrogens with zero attached hydrogens (tertiary/aromatic N) is 1. The predicted octanol–water partition coefficient (Wildman–Crippen LogP) is 5.19. The molecule has 42 heavy (non-hydrogen) atoms. The lowest BCUT2D eigenvalue weighted by molar-refractivity contribution is -0.129. The molecule has 3 amide bonds. The third-order valence-corrected chi connectivity index (χ3v) is 7.34. The van der Waals surface area contributed by atoms with Gasteiger partial charge in [0.25, 0.3) is 0 Å². The summed E-state index contributed by atoms with van der Waals surface area (Å²) in [5.41, 5.74) is 2.44. The van der Waals surface area contributed by atoms with Gasteiger partial charge in [-0.2, -0.15) is 0 Å². The highest BCUT2D eigenvalue weighted by molar-refractivity contribution is 7.09. The van der Waals surface area contributed by atoms with E-state index in [-0.39, 0.29) is 6.42 Å². The molecule has 4 rings (SSSR count). The smallest absolute Gasteiger partial charge is 0.408 e. The topological polar surface area (TPSA) is 109 Å². The van der Waals surface area contributed by atoms with E-state index in [4.69, 9.17) is 4.74 Å². The Labute approximate surface area is 250 Å². The molecular formula is C33H36N4O4S. The minimum absolute atomic E-state index is 0.306. The summed E-state index contributed by atoms with van der Waals surface area (Å²) in [4.78, 5) is 45.0. The first-order valence-corrected chi connectivity index (χ1v) is 14.7. The molecule has 0 aliphatic rings. The number of hydrogen-bond acceptors (Lipinski definition) is 6. The number of benzene rings is 3.